The van der Waals surface area contributed by atoms with Crippen LogP contribution >= 0.6 is 0 Å². The number of benzene rings is 2. The number of carbonyl (C=O) groups is 1. The zero-order chi connectivity index (χ0) is 35.2. The first-order chi connectivity index (χ1) is 23.1. The number of nitrogens with one attached hydrogen (secondary N) is 1. The standard InChI is InChI=1S/C37H41FN6O4S/c1-22(2)43-15-14-25-17-29(38)31(39-34(25)43)20-44-27(19-37(5,6)7)21-48-32-18-30(33-23(3)10-8-11-24(33)4)40-36(41-32)42-49(46,47)28-13-9-12-26(16-28)35(44)45/h8-18,22,27H,19-21H2,1-7H3,(H,40,41,42)/t27-/m1/s1. The van der Waals surface area contributed by atoms with E-state index < -0.39 is 27.8 Å². The Balaban J connectivity index is 1.52. The summed E-state index contributed by atoms with van der Waals surface area (Å²) < 4.78 is 53.9. The van der Waals surface area contributed by atoms with Gasteiger partial charge < -0.3 is 14.2 Å². The van der Waals surface area contributed by atoms with Gasteiger partial charge in [0.25, 0.3) is 15.9 Å². The molecule has 0 unspecified atom stereocenters. The fraction of sp³-hybridized carbons (Fsp3) is 0.351. The highest BCUT2D eigenvalue weighted by Crippen LogP contribution is 2.32. The summed E-state index contributed by atoms with van der Waals surface area (Å²) in [4.78, 5) is 29.6. The summed E-state index contributed by atoms with van der Waals surface area (Å²) in [5, 5.41) is 0.658. The zero-order valence-corrected chi connectivity index (χ0v) is 29.6. The predicted octanol–water partition coefficient (Wildman–Crippen LogP) is 7.47. The van der Waals surface area contributed by atoms with Crippen LogP contribution in [0.3, 0.4) is 0 Å². The number of aryl methyl sites for hydroxylation is 2. The lowest BCUT2D eigenvalue weighted by molar-refractivity contribution is 0.0506. The fourth-order valence-electron chi connectivity index (χ4n) is 6.33. The third-order valence-electron chi connectivity index (χ3n) is 8.62. The molecule has 4 bridgehead atoms. The van der Waals surface area contributed by atoms with Gasteiger partial charge >= 0.3 is 0 Å². The van der Waals surface area contributed by atoms with Gasteiger partial charge in [-0.1, -0.05) is 45.0 Å². The molecule has 0 spiro atoms. The molecule has 10 nitrogen and oxygen atoms in total. The number of fused-ring (bicyclic) bond motifs is 5. The Hall–Kier alpha value is -4.84. The molecule has 6 rings (SSSR count). The molecule has 0 fully saturated rings. The van der Waals surface area contributed by atoms with Gasteiger partial charge in [-0.05, 0) is 81.0 Å². The number of ether oxygens (including phenoxy) is 1. The van der Waals surface area contributed by atoms with E-state index in [0.29, 0.717) is 23.1 Å². The van der Waals surface area contributed by atoms with E-state index in [1.807, 2.05) is 62.7 Å². The molecule has 1 aliphatic rings. The number of rotatable bonds is 5. The molecule has 0 saturated heterocycles. The molecule has 0 saturated carbocycles. The van der Waals surface area contributed by atoms with Gasteiger partial charge in [0.15, 0.2) is 0 Å². The van der Waals surface area contributed by atoms with Crippen molar-refractivity contribution < 1.29 is 22.3 Å². The summed E-state index contributed by atoms with van der Waals surface area (Å²) in [5.41, 5.74) is 3.75. The Bertz CT molecular complexity index is 2150. The lowest BCUT2D eigenvalue weighted by atomic mass is 9.87. The van der Waals surface area contributed by atoms with Crippen LogP contribution in [-0.2, 0) is 16.6 Å². The van der Waals surface area contributed by atoms with Crippen LogP contribution < -0.4 is 9.46 Å². The van der Waals surface area contributed by atoms with E-state index in [1.54, 1.807) is 12.1 Å². The van der Waals surface area contributed by atoms with Gasteiger partial charge in [0.1, 0.15) is 18.1 Å². The number of carbonyl (C=O) groups excluding carboxylic acids is 1. The average molecular weight is 685 g/mol. The van der Waals surface area contributed by atoms with Crippen molar-refractivity contribution in [1.29, 1.82) is 0 Å². The SMILES string of the molecule is Cc1cccc(C)c1-c1cc2nc(n1)NS(=O)(=O)c1cccc(c1)C(=O)N(Cc1nc3c(ccn3C(C)C)cc1F)[C@H](CC(C)(C)C)CO2. The molecule has 256 valence electrons. The molecule has 2 aromatic carbocycles. The number of amides is 1. The summed E-state index contributed by atoms with van der Waals surface area (Å²) in [6, 6.07) is 16.0. The lowest BCUT2D eigenvalue weighted by Crippen LogP contribution is -2.45. The minimum absolute atomic E-state index is 0.00959. The van der Waals surface area contributed by atoms with Crippen LogP contribution in [0.1, 0.15) is 74.3 Å². The van der Waals surface area contributed by atoms with Gasteiger partial charge in [0.05, 0.1) is 28.9 Å². The molecule has 3 aromatic heterocycles. The van der Waals surface area contributed by atoms with Crippen molar-refractivity contribution in [2.45, 2.75) is 78.4 Å². The third-order valence-corrected chi connectivity index (χ3v) is 9.95. The summed E-state index contributed by atoms with van der Waals surface area (Å²) in [5.74, 6) is -1.06. The number of hydrogen-bond acceptors (Lipinski definition) is 7. The number of pyridine rings is 1. The molecule has 12 heteroatoms. The minimum Gasteiger partial charge on any atom is -0.475 e. The number of sulfonamides is 1. The lowest BCUT2D eigenvalue weighted by Gasteiger charge is -2.35. The number of aromatic nitrogens is 4. The van der Waals surface area contributed by atoms with Gasteiger partial charge in [-0.3, -0.25) is 4.79 Å². The Kier molecular flexibility index (Phi) is 8.95. The van der Waals surface area contributed by atoms with E-state index in [-0.39, 0.29) is 52.6 Å². The molecule has 1 amide bonds. The summed E-state index contributed by atoms with van der Waals surface area (Å²) in [6.45, 7) is 13.9. The predicted molar refractivity (Wildman–Crippen MR) is 187 cm³/mol. The van der Waals surface area contributed by atoms with E-state index in [4.69, 9.17) is 9.72 Å². The van der Waals surface area contributed by atoms with Crippen molar-refractivity contribution >= 4 is 32.9 Å². The second-order valence-corrected chi connectivity index (χ2v) is 15.8. The molecular formula is C37H41FN6O4S. The van der Waals surface area contributed by atoms with E-state index >= 15 is 4.39 Å². The topological polar surface area (TPSA) is 119 Å². The van der Waals surface area contributed by atoms with Gasteiger partial charge in [-0.2, -0.15) is 4.98 Å². The van der Waals surface area contributed by atoms with E-state index in [2.05, 4.69) is 35.5 Å². The van der Waals surface area contributed by atoms with Crippen molar-refractivity contribution in [1.82, 2.24) is 24.4 Å². The first kappa shape index (κ1) is 34.0. The Morgan fingerprint density at radius 3 is 2.41 bits per heavy atom. The Morgan fingerprint density at radius 1 is 1.00 bits per heavy atom. The van der Waals surface area contributed by atoms with Crippen LogP contribution in [0, 0.1) is 25.1 Å². The molecule has 0 radical (unpaired) electrons. The van der Waals surface area contributed by atoms with Gasteiger partial charge in [0.2, 0.25) is 11.8 Å². The highest BCUT2D eigenvalue weighted by Gasteiger charge is 2.32. The number of halogens is 1. The van der Waals surface area contributed by atoms with Crippen molar-refractivity contribution in [3.8, 4) is 17.1 Å². The summed E-state index contributed by atoms with van der Waals surface area (Å²) in [6.07, 6.45) is 2.34. The zero-order valence-electron chi connectivity index (χ0n) is 28.8. The fourth-order valence-corrected chi connectivity index (χ4v) is 7.32. The molecule has 1 N–H and O–H groups in total. The largest absolute Gasteiger partial charge is 0.475 e. The quantitative estimate of drug-likeness (QED) is 0.204. The van der Waals surface area contributed by atoms with Gasteiger partial charge in [-0.15, -0.1) is 0 Å². The number of nitrogens with zero attached hydrogens (tertiary/aromatic N) is 5. The van der Waals surface area contributed by atoms with Crippen LogP contribution in [0.2, 0.25) is 0 Å². The molecule has 4 heterocycles. The van der Waals surface area contributed by atoms with Crippen molar-refractivity contribution in [3.05, 3.63) is 95.1 Å². The maximum absolute atomic E-state index is 15.8. The van der Waals surface area contributed by atoms with Crippen molar-refractivity contribution in [3.63, 3.8) is 0 Å². The summed E-state index contributed by atoms with van der Waals surface area (Å²) in [7, 11) is -4.23. The smallest absolute Gasteiger partial charge is 0.264 e. The molecular weight excluding hydrogens is 644 g/mol. The third kappa shape index (κ3) is 7.15. The Morgan fingerprint density at radius 2 is 1.71 bits per heavy atom. The number of anilines is 1. The monoisotopic (exact) mass is 684 g/mol. The number of hydrogen-bond donors (Lipinski definition) is 1. The van der Waals surface area contributed by atoms with E-state index in [0.717, 1.165) is 16.7 Å². The summed E-state index contributed by atoms with van der Waals surface area (Å²) >= 11 is 0. The second kappa shape index (κ2) is 12.9. The van der Waals surface area contributed by atoms with Crippen LogP contribution in [0.25, 0.3) is 22.3 Å². The first-order valence-corrected chi connectivity index (χ1v) is 17.8. The van der Waals surface area contributed by atoms with Gasteiger partial charge in [-0.25, -0.2) is 27.5 Å². The maximum Gasteiger partial charge on any atom is 0.264 e. The highest BCUT2D eigenvalue weighted by atomic mass is 32.2. The molecule has 5 aromatic rings. The average Bonchev–Trinajstić information content (AvgIpc) is 3.43. The van der Waals surface area contributed by atoms with E-state index in [9.17, 15) is 13.2 Å². The molecule has 1 atom stereocenters. The van der Waals surface area contributed by atoms with E-state index in [1.165, 1.54) is 29.2 Å². The minimum atomic E-state index is -4.23. The van der Waals surface area contributed by atoms with Crippen LogP contribution in [-0.4, -0.2) is 51.4 Å². The first-order valence-electron chi connectivity index (χ1n) is 16.3. The maximum atomic E-state index is 15.8. The van der Waals surface area contributed by atoms with Crippen LogP contribution in [0.15, 0.2) is 71.8 Å². The van der Waals surface area contributed by atoms with Crippen LogP contribution in [0.4, 0.5) is 10.3 Å². The Labute approximate surface area is 286 Å². The normalized spacial score (nSPS) is 16.5. The van der Waals surface area contributed by atoms with Crippen LogP contribution in [0.5, 0.6) is 5.88 Å². The van der Waals surface area contributed by atoms with Gasteiger partial charge in [0, 0.05) is 34.8 Å². The highest BCUT2D eigenvalue weighted by molar-refractivity contribution is 7.92. The molecule has 1 aliphatic heterocycles. The molecule has 0 aliphatic carbocycles. The van der Waals surface area contributed by atoms with Crippen molar-refractivity contribution in [2.24, 2.45) is 5.41 Å². The molecule has 49 heavy (non-hydrogen) atoms. The van der Waals surface area contributed by atoms with Crippen molar-refractivity contribution in [2.75, 3.05) is 11.3 Å². The second-order valence-electron chi connectivity index (χ2n) is 14.1.